The summed E-state index contributed by atoms with van der Waals surface area (Å²) >= 11 is 5.80. The van der Waals surface area contributed by atoms with E-state index in [1.54, 1.807) is 12.1 Å². The predicted octanol–water partition coefficient (Wildman–Crippen LogP) is 1.97. The zero-order valence-electron chi connectivity index (χ0n) is 10.3. The summed E-state index contributed by atoms with van der Waals surface area (Å²) in [5, 5.41) is 0.727. The highest BCUT2D eigenvalue weighted by atomic mass is 35.5. The number of aromatic nitrogens is 2. The average Bonchev–Trinajstić information content (AvgIpc) is 2.85. The monoisotopic (exact) mass is 299 g/mol. The van der Waals surface area contributed by atoms with Crippen molar-refractivity contribution in [1.82, 2.24) is 14.7 Å². The number of nitrogens with zero attached hydrogens (tertiary/aromatic N) is 1. The normalized spacial score (nSPS) is 13.4. The fraction of sp³-hybridized carbons (Fsp3) is 0.250. The van der Waals surface area contributed by atoms with Crippen molar-refractivity contribution in [3.05, 3.63) is 47.4 Å². The highest BCUT2D eigenvalue weighted by Crippen LogP contribution is 2.12. The molecule has 0 amide bonds. The molecule has 5 nitrogen and oxygen atoms in total. The van der Waals surface area contributed by atoms with Gasteiger partial charge in [-0.1, -0.05) is 23.7 Å². The average molecular weight is 300 g/mol. The molecule has 0 aliphatic heterocycles. The molecule has 7 heteroatoms. The molecule has 0 bridgehead atoms. The van der Waals surface area contributed by atoms with E-state index in [9.17, 15) is 8.42 Å². The Morgan fingerprint density at radius 3 is 2.63 bits per heavy atom. The van der Waals surface area contributed by atoms with Crippen LogP contribution in [0.4, 0.5) is 0 Å². The van der Waals surface area contributed by atoms with E-state index in [2.05, 4.69) is 14.7 Å². The van der Waals surface area contributed by atoms with Gasteiger partial charge in [0.2, 0.25) is 0 Å². The summed E-state index contributed by atoms with van der Waals surface area (Å²) in [6, 6.07) is 7.10. The summed E-state index contributed by atoms with van der Waals surface area (Å²) in [4.78, 5) is 6.28. The van der Waals surface area contributed by atoms with Gasteiger partial charge in [-0.3, -0.25) is 0 Å². The first-order chi connectivity index (χ1) is 8.97. The number of hydrogen-bond acceptors (Lipinski definition) is 3. The van der Waals surface area contributed by atoms with Crippen LogP contribution in [0.15, 0.2) is 41.8 Å². The zero-order valence-corrected chi connectivity index (χ0v) is 11.9. The predicted molar refractivity (Wildman–Crippen MR) is 73.5 cm³/mol. The second kappa shape index (κ2) is 5.73. The van der Waals surface area contributed by atoms with Gasteiger partial charge in [-0.05, 0) is 31.0 Å². The first-order valence-corrected chi connectivity index (χ1v) is 7.58. The summed E-state index contributed by atoms with van der Waals surface area (Å²) in [6.45, 7) is 1.81. The van der Waals surface area contributed by atoms with Crippen LogP contribution in [-0.2, 0) is 16.4 Å². The third-order valence-corrected chi connectivity index (χ3v) is 4.34. The molecule has 1 heterocycles. The Morgan fingerprint density at radius 2 is 2.05 bits per heavy atom. The van der Waals surface area contributed by atoms with Gasteiger partial charge in [-0.2, -0.15) is 0 Å². The number of rotatable bonds is 5. The Hall–Kier alpha value is -1.37. The minimum absolute atomic E-state index is 0.0652. The van der Waals surface area contributed by atoms with Gasteiger partial charge in [0.25, 0.3) is 10.0 Å². The van der Waals surface area contributed by atoms with Crippen molar-refractivity contribution in [3.63, 3.8) is 0 Å². The Kier molecular flexibility index (Phi) is 4.24. The molecule has 1 aromatic carbocycles. The van der Waals surface area contributed by atoms with Crippen LogP contribution in [0, 0.1) is 0 Å². The number of halogens is 1. The lowest BCUT2D eigenvalue weighted by Crippen LogP contribution is -2.34. The topological polar surface area (TPSA) is 74.8 Å². The number of hydrogen-bond donors (Lipinski definition) is 2. The summed E-state index contributed by atoms with van der Waals surface area (Å²) in [6.07, 6.45) is 3.19. The SMILES string of the molecule is CC(Cc1ccc(Cl)cc1)NS(=O)(=O)c1cnc[nH]1. The molecule has 1 aromatic heterocycles. The smallest absolute Gasteiger partial charge is 0.257 e. The third kappa shape index (κ3) is 3.79. The van der Waals surface area contributed by atoms with Crippen molar-refractivity contribution in [2.45, 2.75) is 24.4 Å². The number of benzene rings is 1. The van der Waals surface area contributed by atoms with Crippen molar-refractivity contribution in [2.75, 3.05) is 0 Å². The Balaban J connectivity index is 2.02. The van der Waals surface area contributed by atoms with Crippen LogP contribution in [0.3, 0.4) is 0 Å². The first kappa shape index (κ1) is 14.0. The largest absolute Gasteiger partial charge is 0.335 e. The van der Waals surface area contributed by atoms with Gasteiger partial charge < -0.3 is 4.98 Å². The van der Waals surface area contributed by atoms with Gasteiger partial charge in [-0.25, -0.2) is 18.1 Å². The summed E-state index contributed by atoms with van der Waals surface area (Å²) in [7, 11) is -3.54. The third-order valence-electron chi connectivity index (χ3n) is 2.57. The maximum atomic E-state index is 11.9. The van der Waals surface area contributed by atoms with Crippen LogP contribution in [0.1, 0.15) is 12.5 Å². The van der Waals surface area contributed by atoms with Gasteiger partial charge in [0, 0.05) is 11.1 Å². The van der Waals surface area contributed by atoms with E-state index in [-0.39, 0.29) is 11.1 Å². The highest BCUT2D eigenvalue weighted by Gasteiger charge is 2.18. The molecule has 1 unspecified atom stereocenters. The maximum Gasteiger partial charge on any atom is 0.257 e. The lowest BCUT2D eigenvalue weighted by Gasteiger charge is -2.13. The van der Waals surface area contributed by atoms with E-state index in [4.69, 9.17) is 11.6 Å². The van der Waals surface area contributed by atoms with Crippen LogP contribution in [0.25, 0.3) is 0 Å². The number of aromatic amines is 1. The molecule has 2 rings (SSSR count). The highest BCUT2D eigenvalue weighted by molar-refractivity contribution is 7.89. The molecule has 0 radical (unpaired) electrons. The second-order valence-corrected chi connectivity index (χ2v) is 6.39. The van der Waals surface area contributed by atoms with E-state index in [1.807, 2.05) is 19.1 Å². The van der Waals surface area contributed by atoms with Crippen LogP contribution in [0.5, 0.6) is 0 Å². The van der Waals surface area contributed by atoms with Crippen molar-refractivity contribution in [1.29, 1.82) is 0 Å². The van der Waals surface area contributed by atoms with Gasteiger partial charge in [0.1, 0.15) is 0 Å². The standard InChI is InChI=1S/C12H14ClN3O2S/c1-9(6-10-2-4-11(13)5-3-10)16-19(17,18)12-7-14-8-15-12/h2-5,7-9,16H,6H2,1H3,(H,14,15). The summed E-state index contributed by atoms with van der Waals surface area (Å²) in [5.41, 5.74) is 1.02. The summed E-state index contributed by atoms with van der Waals surface area (Å²) < 4.78 is 26.5. The number of H-pyrrole nitrogens is 1. The molecule has 0 aliphatic rings. The quantitative estimate of drug-likeness (QED) is 0.886. The van der Waals surface area contributed by atoms with Crippen LogP contribution in [-0.4, -0.2) is 24.4 Å². The molecule has 102 valence electrons. The molecule has 0 saturated heterocycles. The Bertz CT molecular complexity index is 624. The minimum atomic E-state index is -3.54. The van der Waals surface area contributed by atoms with Gasteiger partial charge in [0.15, 0.2) is 5.03 Å². The number of imidazole rings is 1. The molecule has 2 aromatic rings. The molecule has 0 aliphatic carbocycles. The molecular formula is C12H14ClN3O2S. The van der Waals surface area contributed by atoms with Crippen LogP contribution >= 0.6 is 11.6 Å². The molecule has 0 saturated carbocycles. The second-order valence-electron chi connectivity index (χ2n) is 4.27. The van der Waals surface area contributed by atoms with E-state index in [0.717, 1.165) is 5.56 Å². The Labute approximate surface area is 117 Å². The lowest BCUT2D eigenvalue weighted by molar-refractivity contribution is 0.557. The summed E-state index contributed by atoms with van der Waals surface area (Å²) in [5.74, 6) is 0. The number of nitrogens with one attached hydrogen (secondary N) is 2. The van der Waals surface area contributed by atoms with Gasteiger partial charge in [0.05, 0.1) is 12.5 Å². The molecule has 1 atom stereocenters. The first-order valence-electron chi connectivity index (χ1n) is 5.72. The fourth-order valence-electron chi connectivity index (χ4n) is 1.73. The van der Waals surface area contributed by atoms with E-state index in [0.29, 0.717) is 11.4 Å². The van der Waals surface area contributed by atoms with Gasteiger partial charge >= 0.3 is 0 Å². The van der Waals surface area contributed by atoms with Crippen LogP contribution < -0.4 is 4.72 Å². The fourth-order valence-corrected chi connectivity index (χ4v) is 3.01. The van der Waals surface area contributed by atoms with Crippen LogP contribution in [0.2, 0.25) is 5.02 Å². The minimum Gasteiger partial charge on any atom is -0.335 e. The van der Waals surface area contributed by atoms with Crippen molar-refractivity contribution < 1.29 is 8.42 Å². The Morgan fingerprint density at radius 1 is 1.37 bits per heavy atom. The van der Waals surface area contributed by atoms with Crippen molar-refractivity contribution in [2.24, 2.45) is 0 Å². The zero-order chi connectivity index (χ0) is 13.9. The molecule has 0 fully saturated rings. The molecule has 2 N–H and O–H groups in total. The van der Waals surface area contributed by atoms with E-state index < -0.39 is 10.0 Å². The molecular weight excluding hydrogens is 286 g/mol. The van der Waals surface area contributed by atoms with Gasteiger partial charge in [-0.15, -0.1) is 0 Å². The molecule has 19 heavy (non-hydrogen) atoms. The van der Waals surface area contributed by atoms with E-state index >= 15 is 0 Å². The molecule has 0 spiro atoms. The lowest BCUT2D eigenvalue weighted by atomic mass is 10.1. The number of sulfonamides is 1. The van der Waals surface area contributed by atoms with Crippen molar-refractivity contribution in [3.8, 4) is 0 Å². The maximum absolute atomic E-state index is 11.9. The van der Waals surface area contributed by atoms with Crippen molar-refractivity contribution >= 4 is 21.6 Å². The van der Waals surface area contributed by atoms with E-state index in [1.165, 1.54) is 12.5 Å².